The summed E-state index contributed by atoms with van der Waals surface area (Å²) in [5, 5.41) is 0.733. The molecule has 0 aliphatic carbocycles. The third-order valence-corrected chi connectivity index (χ3v) is 3.86. The maximum atomic E-state index is 13.4. The summed E-state index contributed by atoms with van der Waals surface area (Å²) in [6.07, 6.45) is 3.37. The molecule has 2 heterocycles. The van der Waals surface area contributed by atoms with Crippen LogP contribution in [-0.2, 0) is 6.42 Å². The first-order valence-corrected chi connectivity index (χ1v) is 7.31. The van der Waals surface area contributed by atoms with Crippen molar-refractivity contribution >= 4 is 34.1 Å². The van der Waals surface area contributed by atoms with Gasteiger partial charge in [-0.2, -0.15) is 0 Å². The van der Waals surface area contributed by atoms with Crippen LogP contribution in [0.3, 0.4) is 0 Å². The van der Waals surface area contributed by atoms with Gasteiger partial charge in [0.05, 0.1) is 16.1 Å². The number of fused-ring (bicyclic) bond motifs is 1. The number of aryl methyl sites for hydroxylation is 1. The van der Waals surface area contributed by atoms with Gasteiger partial charge in [-0.05, 0) is 24.1 Å². The summed E-state index contributed by atoms with van der Waals surface area (Å²) in [6, 6.07) is 4.47. The Balaban J connectivity index is 2.30. The van der Waals surface area contributed by atoms with Crippen molar-refractivity contribution in [2.24, 2.45) is 0 Å². The Labute approximate surface area is 131 Å². The van der Waals surface area contributed by atoms with E-state index >= 15 is 0 Å². The molecule has 0 aliphatic rings. The second-order valence-electron chi connectivity index (χ2n) is 5.08. The second kappa shape index (κ2) is 5.50. The minimum Gasteiger partial charge on any atom is -0.437 e. The van der Waals surface area contributed by atoms with Crippen molar-refractivity contribution in [1.82, 2.24) is 4.98 Å². The average Bonchev–Trinajstić information content (AvgIpc) is 2.79. The van der Waals surface area contributed by atoms with Crippen LogP contribution in [0.5, 0.6) is 0 Å². The highest BCUT2D eigenvalue weighted by molar-refractivity contribution is 6.31. The molecule has 0 spiro atoms. The summed E-state index contributed by atoms with van der Waals surface area (Å²) in [7, 11) is 0. The van der Waals surface area contributed by atoms with E-state index in [-0.39, 0.29) is 10.9 Å². The van der Waals surface area contributed by atoms with E-state index in [4.69, 9.17) is 27.5 Å². The van der Waals surface area contributed by atoms with Crippen LogP contribution < -0.4 is 11.5 Å². The van der Waals surface area contributed by atoms with Crippen molar-refractivity contribution in [2.75, 3.05) is 11.5 Å². The van der Waals surface area contributed by atoms with Crippen molar-refractivity contribution in [3.05, 3.63) is 40.9 Å². The van der Waals surface area contributed by atoms with Gasteiger partial charge in [-0.1, -0.05) is 31.0 Å². The Hall–Kier alpha value is -2.27. The summed E-state index contributed by atoms with van der Waals surface area (Å²) in [5.74, 6) is -0.313. The minimum absolute atomic E-state index is 0.0401. The number of rotatable bonds is 3. The predicted molar refractivity (Wildman–Crippen MR) is 87.2 cm³/mol. The zero-order valence-corrected chi connectivity index (χ0v) is 12.7. The van der Waals surface area contributed by atoms with Gasteiger partial charge < -0.3 is 15.9 Å². The maximum Gasteiger partial charge on any atom is 0.214 e. The quantitative estimate of drug-likeness (QED) is 0.749. The van der Waals surface area contributed by atoms with Gasteiger partial charge in [-0.3, -0.25) is 4.98 Å². The molecule has 3 aromatic rings. The molecule has 0 bridgehead atoms. The second-order valence-corrected chi connectivity index (χ2v) is 5.49. The fourth-order valence-corrected chi connectivity index (χ4v) is 2.68. The number of pyridine rings is 1. The molecule has 6 heteroatoms. The van der Waals surface area contributed by atoms with Gasteiger partial charge in [0.25, 0.3) is 0 Å². The molecule has 2 aromatic heterocycles. The number of nitrogens with two attached hydrogens (primary N) is 2. The van der Waals surface area contributed by atoms with Crippen LogP contribution in [0, 0.1) is 5.82 Å². The van der Waals surface area contributed by atoms with E-state index in [0.29, 0.717) is 22.2 Å². The molecule has 114 valence electrons. The number of benzene rings is 1. The van der Waals surface area contributed by atoms with Crippen molar-refractivity contribution < 1.29 is 8.81 Å². The first-order valence-electron chi connectivity index (χ1n) is 6.93. The van der Waals surface area contributed by atoms with Crippen LogP contribution in [0.15, 0.2) is 28.8 Å². The van der Waals surface area contributed by atoms with E-state index in [1.807, 2.05) is 0 Å². The van der Waals surface area contributed by atoms with Gasteiger partial charge in [0, 0.05) is 11.8 Å². The van der Waals surface area contributed by atoms with Crippen LogP contribution >= 0.6 is 11.6 Å². The van der Waals surface area contributed by atoms with Crippen LogP contribution in [0.4, 0.5) is 16.0 Å². The number of aromatic nitrogens is 1. The van der Waals surface area contributed by atoms with Crippen molar-refractivity contribution in [2.45, 2.75) is 19.8 Å². The number of halogens is 2. The molecule has 0 fully saturated rings. The van der Waals surface area contributed by atoms with E-state index in [0.717, 1.165) is 24.1 Å². The summed E-state index contributed by atoms with van der Waals surface area (Å²) >= 11 is 5.87. The highest BCUT2D eigenvalue weighted by Crippen LogP contribution is 2.39. The van der Waals surface area contributed by atoms with Gasteiger partial charge >= 0.3 is 0 Å². The summed E-state index contributed by atoms with van der Waals surface area (Å²) < 4.78 is 18.9. The van der Waals surface area contributed by atoms with Gasteiger partial charge in [-0.25, -0.2) is 4.39 Å². The lowest BCUT2D eigenvalue weighted by molar-refractivity contribution is 0.628. The van der Waals surface area contributed by atoms with Gasteiger partial charge in [0.15, 0.2) is 5.58 Å². The predicted octanol–water partition coefficient (Wildman–Crippen LogP) is 4.40. The average molecular weight is 320 g/mol. The van der Waals surface area contributed by atoms with E-state index < -0.39 is 5.82 Å². The Morgan fingerprint density at radius 1 is 1.32 bits per heavy atom. The summed E-state index contributed by atoms with van der Waals surface area (Å²) in [4.78, 5) is 4.44. The first kappa shape index (κ1) is 14.7. The van der Waals surface area contributed by atoms with E-state index in [1.165, 1.54) is 12.1 Å². The lowest BCUT2D eigenvalue weighted by Gasteiger charge is -2.07. The molecule has 3 rings (SSSR count). The standard InChI is InChI=1S/C16H15ClFN3O/c1-2-3-12-15-13(14(19)16(20)22-15)9(7-21-12)8-4-5-11(18)10(17)6-8/h4-7H,2-3,19-20H2,1H3. The van der Waals surface area contributed by atoms with Crippen molar-refractivity contribution in [1.29, 1.82) is 0 Å². The molecule has 0 atom stereocenters. The number of nitrogens with zero attached hydrogens (tertiary/aromatic N) is 1. The topological polar surface area (TPSA) is 78.1 Å². The molecular formula is C16H15ClFN3O. The molecule has 4 nitrogen and oxygen atoms in total. The number of hydrogen-bond acceptors (Lipinski definition) is 4. The highest BCUT2D eigenvalue weighted by atomic mass is 35.5. The SMILES string of the molecule is CCCc1ncc(-c2ccc(F)c(Cl)c2)c2c(N)c(N)oc12. The van der Waals surface area contributed by atoms with Crippen LogP contribution in [-0.4, -0.2) is 4.98 Å². The Bertz CT molecular complexity index is 860. The molecule has 1 aromatic carbocycles. The van der Waals surface area contributed by atoms with E-state index in [9.17, 15) is 4.39 Å². The lowest BCUT2D eigenvalue weighted by Crippen LogP contribution is -1.94. The normalized spacial score (nSPS) is 11.2. The largest absolute Gasteiger partial charge is 0.437 e. The summed E-state index contributed by atoms with van der Waals surface area (Å²) in [5.41, 5.74) is 15.0. The zero-order valence-electron chi connectivity index (χ0n) is 12.0. The Morgan fingerprint density at radius 3 is 2.77 bits per heavy atom. The molecule has 4 N–H and O–H groups in total. The molecule has 22 heavy (non-hydrogen) atoms. The van der Waals surface area contributed by atoms with E-state index in [1.54, 1.807) is 12.3 Å². The smallest absolute Gasteiger partial charge is 0.214 e. The highest BCUT2D eigenvalue weighted by Gasteiger charge is 2.18. The van der Waals surface area contributed by atoms with Gasteiger partial charge in [0.1, 0.15) is 11.5 Å². The van der Waals surface area contributed by atoms with Crippen LogP contribution in [0.25, 0.3) is 22.1 Å². The number of hydrogen-bond donors (Lipinski definition) is 2. The van der Waals surface area contributed by atoms with Crippen LogP contribution in [0.1, 0.15) is 19.0 Å². The van der Waals surface area contributed by atoms with E-state index in [2.05, 4.69) is 11.9 Å². The van der Waals surface area contributed by atoms with Gasteiger partial charge in [-0.15, -0.1) is 0 Å². The molecule has 0 unspecified atom stereocenters. The molecule has 0 amide bonds. The third kappa shape index (κ3) is 2.27. The van der Waals surface area contributed by atoms with Crippen molar-refractivity contribution in [3.8, 4) is 11.1 Å². The molecule has 0 radical (unpaired) electrons. The monoisotopic (exact) mass is 319 g/mol. The van der Waals surface area contributed by atoms with Crippen LogP contribution in [0.2, 0.25) is 5.02 Å². The number of nitrogen functional groups attached to an aromatic ring is 2. The minimum atomic E-state index is -0.475. The number of furan rings is 1. The lowest BCUT2D eigenvalue weighted by atomic mass is 10.0. The molecular weight excluding hydrogens is 305 g/mol. The zero-order chi connectivity index (χ0) is 15.9. The first-order chi connectivity index (χ1) is 10.5. The van der Waals surface area contributed by atoms with Gasteiger partial charge in [0.2, 0.25) is 5.88 Å². The fourth-order valence-electron chi connectivity index (χ4n) is 2.50. The summed E-state index contributed by atoms with van der Waals surface area (Å²) in [6.45, 7) is 2.05. The van der Waals surface area contributed by atoms with Crippen molar-refractivity contribution in [3.63, 3.8) is 0 Å². The molecule has 0 aliphatic heterocycles. The third-order valence-electron chi connectivity index (χ3n) is 3.57. The Morgan fingerprint density at radius 2 is 2.09 bits per heavy atom. The Kier molecular flexibility index (Phi) is 3.66. The molecule has 0 saturated heterocycles. The fraction of sp³-hybridized carbons (Fsp3) is 0.188. The number of anilines is 2. The maximum absolute atomic E-state index is 13.4. The molecule has 0 saturated carbocycles.